The van der Waals surface area contributed by atoms with Gasteiger partial charge < -0.3 is 20.2 Å². The van der Waals surface area contributed by atoms with E-state index in [9.17, 15) is 9.90 Å². The fourth-order valence-corrected chi connectivity index (χ4v) is 3.50. The van der Waals surface area contributed by atoms with Crippen LogP contribution in [0.15, 0.2) is 24.3 Å². The summed E-state index contributed by atoms with van der Waals surface area (Å²) >= 11 is 0. The molecule has 2 aliphatic heterocycles. The normalized spacial score (nSPS) is 19.2. The summed E-state index contributed by atoms with van der Waals surface area (Å²) in [5.41, 5.74) is 2.20. The lowest BCUT2D eigenvalue weighted by Crippen LogP contribution is -2.36. The topological polar surface area (TPSA) is 55.8 Å². The van der Waals surface area contributed by atoms with Gasteiger partial charge in [-0.25, -0.2) is 0 Å². The van der Waals surface area contributed by atoms with Gasteiger partial charge in [0.15, 0.2) is 0 Å². The van der Waals surface area contributed by atoms with Crippen molar-refractivity contribution in [1.82, 2.24) is 4.90 Å². The molecule has 2 saturated heterocycles. The van der Waals surface area contributed by atoms with E-state index in [0.717, 1.165) is 63.2 Å². The smallest absolute Gasteiger partial charge is 0.241 e. The second-order valence-electron chi connectivity index (χ2n) is 6.57. The highest BCUT2D eigenvalue weighted by Crippen LogP contribution is 2.29. The number of aliphatic hydroxyl groups excluding tert-OH is 1. The summed E-state index contributed by atoms with van der Waals surface area (Å²) < 4.78 is 0. The minimum absolute atomic E-state index is 0.191. The van der Waals surface area contributed by atoms with Crippen LogP contribution in [-0.4, -0.2) is 55.2 Å². The van der Waals surface area contributed by atoms with E-state index < -0.39 is 0 Å². The van der Waals surface area contributed by atoms with Crippen LogP contribution in [0.2, 0.25) is 0 Å². The Bertz CT molecular complexity index is 521. The van der Waals surface area contributed by atoms with Crippen LogP contribution in [-0.2, 0) is 4.79 Å². The van der Waals surface area contributed by atoms with Crippen molar-refractivity contribution in [3.05, 3.63) is 24.3 Å². The summed E-state index contributed by atoms with van der Waals surface area (Å²) in [5, 5.41) is 12.6. The van der Waals surface area contributed by atoms with Gasteiger partial charge in [0.05, 0.1) is 17.9 Å². The number of rotatable bonds is 5. The van der Waals surface area contributed by atoms with Crippen molar-refractivity contribution in [2.45, 2.75) is 25.7 Å². The summed E-state index contributed by atoms with van der Waals surface area (Å²) in [6, 6.07) is 8.21. The number of piperidine rings is 1. The zero-order valence-corrected chi connectivity index (χ0v) is 13.7. The summed E-state index contributed by atoms with van der Waals surface area (Å²) in [4.78, 5) is 16.5. The van der Waals surface area contributed by atoms with Crippen molar-refractivity contribution in [3.8, 4) is 0 Å². The fourth-order valence-electron chi connectivity index (χ4n) is 3.50. The van der Waals surface area contributed by atoms with Gasteiger partial charge in [-0.1, -0.05) is 12.1 Å². The van der Waals surface area contributed by atoms with E-state index in [1.165, 1.54) is 0 Å². The number of benzene rings is 1. The van der Waals surface area contributed by atoms with Crippen LogP contribution < -0.4 is 10.2 Å². The summed E-state index contributed by atoms with van der Waals surface area (Å²) in [6.45, 7) is 4.38. The Kier molecular flexibility index (Phi) is 5.39. The van der Waals surface area contributed by atoms with E-state index in [-0.39, 0.29) is 12.5 Å². The maximum absolute atomic E-state index is 12.2. The molecule has 5 nitrogen and oxygen atoms in total. The summed E-state index contributed by atoms with van der Waals surface area (Å²) in [6.07, 6.45) is 4.30. The SMILES string of the molecule is O=C(CNc1ccccc1N1CCC(CO)CC1)N1CCCC1. The minimum Gasteiger partial charge on any atom is -0.396 e. The Morgan fingerprint density at radius 1 is 1.13 bits per heavy atom. The number of amides is 1. The third-order valence-electron chi connectivity index (χ3n) is 5.01. The number of anilines is 2. The number of nitrogens with zero attached hydrogens (tertiary/aromatic N) is 2. The predicted molar refractivity (Wildman–Crippen MR) is 92.8 cm³/mol. The summed E-state index contributed by atoms with van der Waals surface area (Å²) in [7, 11) is 0. The molecule has 2 fully saturated rings. The Morgan fingerprint density at radius 3 is 2.52 bits per heavy atom. The van der Waals surface area contributed by atoms with Gasteiger partial charge in [-0.05, 0) is 43.7 Å². The molecule has 126 valence electrons. The molecule has 2 aliphatic rings. The van der Waals surface area contributed by atoms with Gasteiger partial charge in [0, 0.05) is 32.8 Å². The van der Waals surface area contributed by atoms with Gasteiger partial charge >= 0.3 is 0 Å². The Morgan fingerprint density at radius 2 is 1.83 bits per heavy atom. The van der Waals surface area contributed by atoms with Crippen LogP contribution in [0.5, 0.6) is 0 Å². The molecule has 0 bridgehead atoms. The molecule has 1 aromatic carbocycles. The zero-order chi connectivity index (χ0) is 16.1. The molecule has 5 heteroatoms. The van der Waals surface area contributed by atoms with Gasteiger partial charge in [0.25, 0.3) is 0 Å². The Balaban J connectivity index is 1.60. The highest BCUT2D eigenvalue weighted by atomic mass is 16.3. The highest BCUT2D eigenvalue weighted by Gasteiger charge is 2.21. The van der Waals surface area contributed by atoms with Crippen molar-refractivity contribution >= 4 is 17.3 Å². The standard InChI is InChI=1S/C18H27N3O2/c22-14-15-7-11-20(12-8-15)17-6-2-1-5-16(17)19-13-18(23)21-9-3-4-10-21/h1-2,5-6,15,19,22H,3-4,7-14H2. The molecule has 0 aliphatic carbocycles. The van der Waals surface area contributed by atoms with Gasteiger partial charge in [0.1, 0.15) is 0 Å². The first-order chi connectivity index (χ1) is 11.3. The maximum Gasteiger partial charge on any atom is 0.241 e. The molecule has 0 unspecified atom stereocenters. The van der Waals surface area contributed by atoms with Gasteiger partial charge in [0.2, 0.25) is 5.91 Å². The molecule has 2 N–H and O–H groups in total. The van der Waals surface area contributed by atoms with Crippen LogP contribution in [0.1, 0.15) is 25.7 Å². The molecule has 0 saturated carbocycles. The molecule has 1 aromatic rings. The molecule has 3 rings (SSSR count). The predicted octanol–water partition coefficient (Wildman–Crippen LogP) is 1.93. The molecule has 0 atom stereocenters. The molecular weight excluding hydrogens is 290 g/mol. The third kappa shape index (κ3) is 3.96. The number of carbonyl (C=O) groups excluding carboxylic acids is 1. The fraction of sp³-hybridized carbons (Fsp3) is 0.611. The second-order valence-corrected chi connectivity index (χ2v) is 6.57. The molecule has 2 heterocycles. The summed E-state index contributed by atoms with van der Waals surface area (Å²) in [5.74, 6) is 0.624. The highest BCUT2D eigenvalue weighted by molar-refractivity contribution is 5.83. The number of para-hydroxylation sites is 2. The second kappa shape index (κ2) is 7.68. The quantitative estimate of drug-likeness (QED) is 0.871. The lowest BCUT2D eigenvalue weighted by atomic mass is 9.97. The van der Waals surface area contributed by atoms with Gasteiger partial charge in [-0.2, -0.15) is 0 Å². The van der Waals surface area contributed by atoms with E-state index in [1.807, 2.05) is 23.1 Å². The first-order valence-electron chi connectivity index (χ1n) is 8.74. The van der Waals surface area contributed by atoms with E-state index in [4.69, 9.17) is 0 Å². The average molecular weight is 317 g/mol. The maximum atomic E-state index is 12.2. The number of carbonyl (C=O) groups is 1. The van der Waals surface area contributed by atoms with Crippen molar-refractivity contribution in [3.63, 3.8) is 0 Å². The number of aliphatic hydroxyl groups is 1. The number of hydrogen-bond donors (Lipinski definition) is 2. The lowest BCUT2D eigenvalue weighted by molar-refractivity contribution is -0.128. The minimum atomic E-state index is 0.191. The zero-order valence-electron chi connectivity index (χ0n) is 13.7. The third-order valence-corrected chi connectivity index (χ3v) is 5.01. The van der Waals surface area contributed by atoms with Crippen molar-refractivity contribution in [1.29, 1.82) is 0 Å². The van der Waals surface area contributed by atoms with Gasteiger partial charge in [-0.15, -0.1) is 0 Å². The molecule has 1 amide bonds. The number of likely N-dealkylation sites (tertiary alicyclic amines) is 1. The molecule has 0 radical (unpaired) electrons. The van der Waals surface area contributed by atoms with E-state index >= 15 is 0 Å². The molecule has 23 heavy (non-hydrogen) atoms. The Labute approximate surface area is 138 Å². The van der Waals surface area contributed by atoms with E-state index in [1.54, 1.807) is 0 Å². The first-order valence-corrected chi connectivity index (χ1v) is 8.74. The molecule has 0 spiro atoms. The van der Waals surface area contributed by atoms with Gasteiger partial charge in [-0.3, -0.25) is 4.79 Å². The van der Waals surface area contributed by atoms with E-state index in [0.29, 0.717) is 12.5 Å². The van der Waals surface area contributed by atoms with Crippen LogP contribution >= 0.6 is 0 Å². The van der Waals surface area contributed by atoms with E-state index in [2.05, 4.69) is 16.3 Å². The van der Waals surface area contributed by atoms with Crippen LogP contribution in [0.3, 0.4) is 0 Å². The Hall–Kier alpha value is -1.75. The number of hydrogen-bond acceptors (Lipinski definition) is 4. The monoisotopic (exact) mass is 317 g/mol. The van der Waals surface area contributed by atoms with Crippen molar-refractivity contribution < 1.29 is 9.90 Å². The molecular formula is C18H27N3O2. The van der Waals surface area contributed by atoms with Crippen molar-refractivity contribution in [2.75, 3.05) is 49.5 Å². The first kappa shape index (κ1) is 16.1. The largest absolute Gasteiger partial charge is 0.396 e. The van der Waals surface area contributed by atoms with Crippen molar-refractivity contribution in [2.24, 2.45) is 5.92 Å². The van der Waals surface area contributed by atoms with Crippen LogP contribution in [0.25, 0.3) is 0 Å². The molecule has 0 aromatic heterocycles. The lowest BCUT2D eigenvalue weighted by Gasteiger charge is -2.34. The average Bonchev–Trinajstić information content (AvgIpc) is 3.15. The van der Waals surface area contributed by atoms with Crippen LogP contribution in [0.4, 0.5) is 11.4 Å². The van der Waals surface area contributed by atoms with Crippen LogP contribution in [0, 0.1) is 5.92 Å². The number of nitrogens with one attached hydrogen (secondary N) is 1.